The molecule has 0 heterocycles. The molecule has 0 aromatic heterocycles. The summed E-state index contributed by atoms with van der Waals surface area (Å²) in [5.74, 6) is 0.259. The first-order valence-corrected chi connectivity index (χ1v) is 9.10. The van der Waals surface area contributed by atoms with E-state index < -0.39 is 0 Å². The summed E-state index contributed by atoms with van der Waals surface area (Å²) in [6, 6.07) is 23.0. The molecule has 26 heavy (non-hydrogen) atoms. The third-order valence-corrected chi connectivity index (χ3v) is 4.92. The fraction of sp³-hybridized carbons (Fsp3) is 0.136. The topological polar surface area (TPSA) is 35.5 Å². The van der Waals surface area contributed by atoms with Gasteiger partial charge in [0.1, 0.15) is 19.0 Å². The summed E-state index contributed by atoms with van der Waals surface area (Å²) in [6.45, 7) is 2.60. The summed E-state index contributed by atoms with van der Waals surface area (Å²) in [7, 11) is 0. The zero-order valence-electron chi connectivity index (χ0n) is 14.4. The highest BCUT2D eigenvalue weighted by Gasteiger charge is 2.14. The van der Waals surface area contributed by atoms with Gasteiger partial charge in [-0.3, -0.25) is 0 Å². The molecular weight excluding hydrogens is 392 g/mol. The van der Waals surface area contributed by atoms with E-state index in [1.165, 1.54) is 0 Å². The fourth-order valence-electron chi connectivity index (χ4n) is 2.50. The maximum absolute atomic E-state index is 12.4. The molecule has 0 atom stereocenters. The Balaban J connectivity index is 1.71. The van der Waals surface area contributed by atoms with E-state index in [1.54, 1.807) is 12.1 Å². The number of carbonyl (C=O) groups is 1. The van der Waals surface area contributed by atoms with E-state index in [9.17, 15) is 4.79 Å². The van der Waals surface area contributed by atoms with Gasteiger partial charge in [0.05, 0.1) is 10.0 Å². The molecule has 3 rings (SSSR count). The Hall–Kier alpha value is -2.59. The molecule has 0 saturated carbocycles. The van der Waals surface area contributed by atoms with Gasteiger partial charge in [-0.05, 0) is 51.7 Å². The molecule has 0 amide bonds. The van der Waals surface area contributed by atoms with Crippen molar-refractivity contribution in [2.45, 2.75) is 20.1 Å². The van der Waals surface area contributed by atoms with Gasteiger partial charge in [0.2, 0.25) is 0 Å². The van der Waals surface area contributed by atoms with E-state index in [4.69, 9.17) is 9.47 Å². The van der Waals surface area contributed by atoms with Crippen molar-refractivity contribution in [3.63, 3.8) is 0 Å². The molecule has 3 aromatic carbocycles. The first kappa shape index (κ1) is 18.2. The lowest BCUT2D eigenvalue weighted by Gasteiger charge is -2.13. The van der Waals surface area contributed by atoms with Crippen LogP contribution in [-0.4, -0.2) is 5.97 Å². The maximum atomic E-state index is 12.4. The lowest BCUT2D eigenvalue weighted by Crippen LogP contribution is -2.07. The van der Waals surface area contributed by atoms with Crippen LogP contribution in [0, 0.1) is 6.92 Å². The summed E-state index contributed by atoms with van der Waals surface area (Å²) in [4.78, 5) is 12.4. The highest BCUT2D eigenvalue weighted by atomic mass is 79.9. The number of hydrogen-bond acceptors (Lipinski definition) is 3. The van der Waals surface area contributed by atoms with Gasteiger partial charge in [0, 0.05) is 0 Å². The number of ether oxygens (including phenoxy) is 2. The van der Waals surface area contributed by atoms with Crippen molar-refractivity contribution in [2.75, 3.05) is 0 Å². The van der Waals surface area contributed by atoms with Crippen molar-refractivity contribution in [3.05, 3.63) is 99.5 Å². The van der Waals surface area contributed by atoms with Crippen molar-refractivity contribution < 1.29 is 14.3 Å². The van der Waals surface area contributed by atoms with Crippen LogP contribution in [0.5, 0.6) is 5.75 Å². The van der Waals surface area contributed by atoms with Crippen LogP contribution in [0.4, 0.5) is 0 Å². The van der Waals surface area contributed by atoms with Gasteiger partial charge in [-0.2, -0.15) is 0 Å². The highest BCUT2D eigenvalue weighted by molar-refractivity contribution is 9.10. The van der Waals surface area contributed by atoms with Crippen molar-refractivity contribution in [2.24, 2.45) is 0 Å². The summed E-state index contributed by atoms with van der Waals surface area (Å²) < 4.78 is 12.2. The van der Waals surface area contributed by atoms with E-state index >= 15 is 0 Å². The fourth-order valence-corrected chi connectivity index (χ4v) is 2.85. The monoisotopic (exact) mass is 410 g/mol. The smallest absolute Gasteiger partial charge is 0.338 e. The van der Waals surface area contributed by atoms with Crippen LogP contribution >= 0.6 is 15.9 Å². The third-order valence-electron chi connectivity index (χ3n) is 3.91. The summed E-state index contributed by atoms with van der Waals surface area (Å²) in [5, 5.41) is 0. The molecule has 0 spiro atoms. The molecule has 0 fully saturated rings. The minimum atomic E-state index is -0.367. The summed E-state index contributed by atoms with van der Waals surface area (Å²) in [5.41, 5.74) is 3.41. The lowest BCUT2D eigenvalue weighted by molar-refractivity contribution is 0.0472. The number of hydrogen-bond donors (Lipinski definition) is 0. The second kappa shape index (κ2) is 8.68. The van der Waals surface area contributed by atoms with Gasteiger partial charge >= 0.3 is 5.97 Å². The van der Waals surface area contributed by atoms with Gasteiger partial charge in [-0.25, -0.2) is 4.79 Å². The average molecular weight is 411 g/mol. The second-order valence-electron chi connectivity index (χ2n) is 5.94. The van der Waals surface area contributed by atoms with Crippen LogP contribution in [0.2, 0.25) is 0 Å². The molecule has 3 aromatic rings. The van der Waals surface area contributed by atoms with Gasteiger partial charge < -0.3 is 9.47 Å². The summed E-state index contributed by atoms with van der Waals surface area (Å²) in [6.07, 6.45) is 0. The Kier molecular flexibility index (Phi) is 6.08. The van der Waals surface area contributed by atoms with Crippen LogP contribution < -0.4 is 4.74 Å². The maximum Gasteiger partial charge on any atom is 0.338 e. The van der Waals surface area contributed by atoms with Crippen molar-refractivity contribution in [1.29, 1.82) is 0 Å². The third kappa shape index (κ3) is 4.73. The number of aryl methyl sites for hydroxylation is 1. The van der Waals surface area contributed by atoms with E-state index in [0.29, 0.717) is 17.9 Å². The summed E-state index contributed by atoms with van der Waals surface area (Å²) >= 11 is 3.54. The van der Waals surface area contributed by atoms with Crippen LogP contribution in [0.1, 0.15) is 27.0 Å². The van der Waals surface area contributed by atoms with Crippen molar-refractivity contribution in [1.82, 2.24) is 0 Å². The molecule has 3 nitrogen and oxygen atoms in total. The molecule has 0 bridgehead atoms. The van der Waals surface area contributed by atoms with Gasteiger partial charge in [0.15, 0.2) is 0 Å². The van der Waals surface area contributed by atoms with Crippen LogP contribution in [0.15, 0.2) is 77.3 Å². The SMILES string of the molecule is Cc1cc(C(=O)OCc2ccccc2)cc(OCc2ccccc2)c1Br. The molecule has 0 N–H and O–H groups in total. The normalized spacial score (nSPS) is 10.4. The molecule has 0 aliphatic carbocycles. The van der Waals surface area contributed by atoms with Crippen molar-refractivity contribution in [3.8, 4) is 5.75 Å². The average Bonchev–Trinajstić information content (AvgIpc) is 2.68. The first-order chi connectivity index (χ1) is 12.6. The van der Waals surface area contributed by atoms with Gasteiger partial charge in [-0.1, -0.05) is 60.7 Å². The second-order valence-corrected chi connectivity index (χ2v) is 6.73. The van der Waals surface area contributed by atoms with E-state index in [1.807, 2.05) is 67.6 Å². The molecule has 132 valence electrons. The molecule has 0 aliphatic rings. The number of esters is 1. The molecule has 0 aliphatic heterocycles. The predicted octanol–water partition coefficient (Wildman–Crippen LogP) is 5.69. The van der Waals surface area contributed by atoms with Crippen LogP contribution in [-0.2, 0) is 18.0 Å². The Labute approximate surface area is 161 Å². The van der Waals surface area contributed by atoms with E-state index in [-0.39, 0.29) is 12.6 Å². The molecular formula is C22H19BrO3. The van der Waals surface area contributed by atoms with Crippen molar-refractivity contribution >= 4 is 21.9 Å². The Morgan fingerprint density at radius 1 is 0.885 bits per heavy atom. The standard InChI is InChI=1S/C22H19BrO3/c1-16-12-19(22(24)26-15-18-10-6-3-7-11-18)13-20(21(16)23)25-14-17-8-4-2-5-9-17/h2-13H,14-15H2,1H3. The minimum absolute atomic E-state index is 0.245. The molecule has 0 radical (unpaired) electrons. The number of halogens is 1. The number of rotatable bonds is 6. The molecule has 0 saturated heterocycles. The zero-order valence-corrected chi connectivity index (χ0v) is 16.0. The predicted molar refractivity (Wildman–Crippen MR) is 105 cm³/mol. The zero-order chi connectivity index (χ0) is 18.4. The number of carbonyl (C=O) groups excluding carboxylic acids is 1. The van der Waals surface area contributed by atoms with Gasteiger partial charge in [0.25, 0.3) is 0 Å². The number of benzene rings is 3. The van der Waals surface area contributed by atoms with Crippen LogP contribution in [0.25, 0.3) is 0 Å². The highest BCUT2D eigenvalue weighted by Crippen LogP contribution is 2.31. The van der Waals surface area contributed by atoms with E-state index in [0.717, 1.165) is 21.2 Å². The Morgan fingerprint density at radius 2 is 1.46 bits per heavy atom. The molecule has 4 heteroatoms. The minimum Gasteiger partial charge on any atom is -0.488 e. The largest absolute Gasteiger partial charge is 0.488 e. The first-order valence-electron chi connectivity index (χ1n) is 8.31. The molecule has 0 unspecified atom stereocenters. The van der Waals surface area contributed by atoms with Gasteiger partial charge in [-0.15, -0.1) is 0 Å². The van der Waals surface area contributed by atoms with E-state index in [2.05, 4.69) is 15.9 Å². The van der Waals surface area contributed by atoms with Crippen LogP contribution in [0.3, 0.4) is 0 Å². The Bertz CT molecular complexity index is 877. The quantitative estimate of drug-likeness (QED) is 0.489. The lowest BCUT2D eigenvalue weighted by atomic mass is 10.1. The Morgan fingerprint density at radius 3 is 2.08 bits per heavy atom.